The lowest BCUT2D eigenvalue weighted by Crippen LogP contribution is -2.30. The molecule has 1 aliphatic heterocycles. The normalized spacial score (nSPS) is 18.5. The van der Waals surface area contributed by atoms with Crippen LogP contribution in [0.5, 0.6) is 0 Å². The van der Waals surface area contributed by atoms with Crippen LogP contribution >= 0.6 is 0 Å². The number of amides is 3. The number of rotatable bonds is 8. The fourth-order valence-corrected chi connectivity index (χ4v) is 4.23. The number of anilines is 2. The van der Waals surface area contributed by atoms with Crippen molar-refractivity contribution in [2.45, 2.75) is 26.7 Å². The monoisotopic (exact) mass is 504 g/mol. The van der Waals surface area contributed by atoms with E-state index in [1.165, 1.54) is 41.3 Å². The van der Waals surface area contributed by atoms with Crippen LogP contribution in [0.3, 0.4) is 0 Å². The van der Waals surface area contributed by atoms with Gasteiger partial charge >= 0.3 is 11.9 Å². The molecule has 1 heterocycles. The SMILES string of the molecule is CC(C)COC(=O)c1ccc(NC(=O)COC(=O)c2ccc(N3C(=O)[C@H]4CC=CC[C@H]4C3=O)cc2)cc1. The number of carbonyl (C=O) groups excluding carboxylic acids is 5. The number of esters is 2. The molecular weight excluding hydrogens is 476 g/mol. The number of carbonyl (C=O) groups is 5. The summed E-state index contributed by atoms with van der Waals surface area (Å²) in [6, 6.07) is 12.1. The molecule has 0 bridgehead atoms. The van der Waals surface area contributed by atoms with E-state index in [9.17, 15) is 24.0 Å². The van der Waals surface area contributed by atoms with Gasteiger partial charge in [-0.25, -0.2) is 9.59 Å². The van der Waals surface area contributed by atoms with E-state index < -0.39 is 24.5 Å². The summed E-state index contributed by atoms with van der Waals surface area (Å²) in [5.74, 6) is -2.62. The van der Waals surface area contributed by atoms with Gasteiger partial charge in [0.15, 0.2) is 6.61 Å². The molecule has 0 aromatic heterocycles. The highest BCUT2D eigenvalue weighted by atomic mass is 16.5. The maximum Gasteiger partial charge on any atom is 0.338 e. The summed E-state index contributed by atoms with van der Waals surface area (Å²) in [5, 5.41) is 2.59. The average Bonchev–Trinajstić information content (AvgIpc) is 3.16. The zero-order valence-electron chi connectivity index (χ0n) is 20.6. The first-order valence-corrected chi connectivity index (χ1v) is 12.1. The molecule has 1 aliphatic carbocycles. The second kappa shape index (κ2) is 11.2. The van der Waals surface area contributed by atoms with Crippen molar-refractivity contribution >= 4 is 41.0 Å². The molecule has 0 unspecified atom stereocenters. The number of hydrogen-bond acceptors (Lipinski definition) is 7. The highest BCUT2D eigenvalue weighted by Gasteiger charge is 2.47. The Balaban J connectivity index is 1.27. The van der Waals surface area contributed by atoms with Crippen LogP contribution in [0.1, 0.15) is 47.4 Å². The third-order valence-corrected chi connectivity index (χ3v) is 6.16. The smallest absolute Gasteiger partial charge is 0.338 e. The largest absolute Gasteiger partial charge is 0.462 e. The van der Waals surface area contributed by atoms with Crippen LogP contribution < -0.4 is 10.2 Å². The van der Waals surface area contributed by atoms with Crippen LogP contribution in [-0.2, 0) is 23.9 Å². The minimum atomic E-state index is -0.720. The van der Waals surface area contributed by atoms with E-state index in [4.69, 9.17) is 9.47 Å². The van der Waals surface area contributed by atoms with Gasteiger partial charge in [-0.15, -0.1) is 0 Å². The van der Waals surface area contributed by atoms with Crippen molar-refractivity contribution in [3.05, 3.63) is 71.8 Å². The van der Waals surface area contributed by atoms with Crippen molar-refractivity contribution in [2.24, 2.45) is 17.8 Å². The summed E-state index contributed by atoms with van der Waals surface area (Å²) in [4.78, 5) is 63.2. The summed E-state index contributed by atoms with van der Waals surface area (Å²) in [6.45, 7) is 3.68. The molecule has 4 rings (SSSR count). The summed E-state index contributed by atoms with van der Waals surface area (Å²) in [6.07, 6.45) is 4.94. The molecular formula is C28H28N2O7. The molecule has 0 saturated carbocycles. The molecule has 2 aromatic rings. The van der Waals surface area contributed by atoms with Crippen LogP contribution in [0.25, 0.3) is 0 Å². The van der Waals surface area contributed by atoms with E-state index in [0.29, 0.717) is 36.4 Å². The minimum Gasteiger partial charge on any atom is -0.462 e. The van der Waals surface area contributed by atoms with Crippen molar-refractivity contribution in [3.8, 4) is 0 Å². The average molecular weight is 505 g/mol. The predicted octanol–water partition coefficient (Wildman–Crippen LogP) is 3.75. The Morgan fingerprint density at radius 1 is 0.838 bits per heavy atom. The van der Waals surface area contributed by atoms with Crippen molar-refractivity contribution in [2.75, 3.05) is 23.4 Å². The van der Waals surface area contributed by atoms with Gasteiger partial charge in [0.1, 0.15) is 0 Å². The Morgan fingerprint density at radius 3 is 1.89 bits per heavy atom. The van der Waals surface area contributed by atoms with Crippen LogP contribution in [0.15, 0.2) is 60.7 Å². The number of nitrogens with zero attached hydrogens (tertiary/aromatic N) is 1. The quantitative estimate of drug-likeness (QED) is 0.330. The maximum absolute atomic E-state index is 12.7. The van der Waals surface area contributed by atoms with Gasteiger partial charge < -0.3 is 14.8 Å². The van der Waals surface area contributed by atoms with Gasteiger partial charge in [0, 0.05) is 5.69 Å². The molecule has 2 aromatic carbocycles. The Morgan fingerprint density at radius 2 is 1.35 bits per heavy atom. The molecule has 1 fully saturated rings. The molecule has 1 saturated heterocycles. The van der Waals surface area contributed by atoms with E-state index in [-0.39, 0.29) is 35.1 Å². The first-order chi connectivity index (χ1) is 17.7. The van der Waals surface area contributed by atoms with E-state index in [1.807, 2.05) is 26.0 Å². The standard InChI is InChI=1S/C28H28N2O7/c1-17(2)15-36-27(34)18-7-11-20(12-8-18)29-24(31)16-37-28(35)19-9-13-21(14-10-19)30-25(32)22-5-3-4-6-23(22)26(30)33/h3-4,7-14,17,22-23H,5-6,15-16H2,1-2H3,(H,29,31)/t22-,23+. The van der Waals surface area contributed by atoms with Crippen molar-refractivity contribution in [3.63, 3.8) is 0 Å². The lowest BCUT2D eigenvalue weighted by atomic mass is 9.85. The molecule has 192 valence electrons. The second-order valence-electron chi connectivity index (χ2n) is 9.41. The third-order valence-electron chi connectivity index (χ3n) is 6.16. The lowest BCUT2D eigenvalue weighted by molar-refractivity contribution is -0.122. The van der Waals surface area contributed by atoms with Crippen molar-refractivity contribution in [1.29, 1.82) is 0 Å². The Hall–Kier alpha value is -4.27. The summed E-state index contributed by atoms with van der Waals surface area (Å²) in [5.41, 5.74) is 1.37. The Labute approximate surface area is 214 Å². The van der Waals surface area contributed by atoms with Gasteiger partial charge in [-0.1, -0.05) is 26.0 Å². The number of ether oxygens (including phenoxy) is 2. The predicted molar refractivity (Wildman–Crippen MR) is 135 cm³/mol. The van der Waals surface area contributed by atoms with Crippen molar-refractivity contribution < 1.29 is 33.4 Å². The van der Waals surface area contributed by atoms with Crippen molar-refractivity contribution in [1.82, 2.24) is 0 Å². The van der Waals surface area contributed by atoms with Gasteiger partial charge in [-0.3, -0.25) is 19.3 Å². The lowest BCUT2D eigenvalue weighted by Gasteiger charge is -2.15. The zero-order valence-corrected chi connectivity index (χ0v) is 20.6. The summed E-state index contributed by atoms with van der Waals surface area (Å²) < 4.78 is 10.2. The van der Waals surface area contributed by atoms with Crippen LogP contribution in [0.2, 0.25) is 0 Å². The Kier molecular flexibility index (Phi) is 7.81. The molecule has 2 aliphatic rings. The van der Waals surface area contributed by atoms with E-state index in [1.54, 1.807) is 12.1 Å². The zero-order chi connectivity index (χ0) is 26.5. The third kappa shape index (κ3) is 5.94. The van der Waals surface area contributed by atoms with E-state index >= 15 is 0 Å². The van der Waals surface area contributed by atoms with Gasteiger partial charge in [0.25, 0.3) is 5.91 Å². The molecule has 37 heavy (non-hydrogen) atoms. The van der Waals surface area contributed by atoms with E-state index in [2.05, 4.69) is 5.32 Å². The van der Waals surface area contributed by atoms with Gasteiger partial charge in [0.2, 0.25) is 11.8 Å². The molecule has 0 spiro atoms. The van der Waals surface area contributed by atoms with Gasteiger partial charge in [0.05, 0.1) is 35.3 Å². The minimum absolute atomic E-state index is 0.180. The van der Waals surface area contributed by atoms with Gasteiger partial charge in [-0.2, -0.15) is 0 Å². The number of allylic oxidation sites excluding steroid dienone is 2. The number of fused-ring (bicyclic) bond motifs is 1. The highest BCUT2D eigenvalue weighted by molar-refractivity contribution is 6.22. The molecule has 1 N–H and O–H groups in total. The van der Waals surface area contributed by atoms with E-state index in [0.717, 1.165) is 0 Å². The van der Waals surface area contributed by atoms with Crippen LogP contribution in [0.4, 0.5) is 11.4 Å². The fourth-order valence-electron chi connectivity index (χ4n) is 4.23. The summed E-state index contributed by atoms with van der Waals surface area (Å²) in [7, 11) is 0. The number of imide groups is 1. The Bertz CT molecular complexity index is 1210. The first-order valence-electron chi connectivity index (χ1n) is 12.1. The highest BCUT2D eigenvalue weighted by Crippen LogP contribution is 2.37. The molecule has 9 nitrogen and oxygen atoms in total. The maximum atomic E-state index is 12.7. The molecule has 3 amide bonds. The van der Waals surface area contributed by atoms with Gasteiger partial charge in [-0.05, 0) is 67.3 Å². The second-order valence-corrected chi connectivity index (χ2v) is 9.41. The summed E-state index contributed by atoms with van der Waals surface area (Å²) >= 11 is 0. The molecule has 9 heteroatoms. The first kappa shape index (κ1) is 25.8. The van der Waals surface area contributed by atoms with Crippen LogP contribution in [0, 0.1) is 17.8 Å². The van der Waals surface area contributed by atoms with Crippen LogP contribution in [-0.4, -0.2) is 42.9 Å². The number of nitrogens with one attached hydrogen (secondary N) is 1. The number of hydrogen-bond donors (Lipinski definition) is 1. The number of benzene rings is 2. The molecule has 2 atom stereocenters. The molecule has 0 radical (unpaired) electrons. The topological polar surface area (TPSA) is 119 Å². The fraction of sp³-hybridized carbons (Fsp3) is 0.321.